The van der Waals surface area contributed by atoms with Gasteiger partial charge in [-0.15, -0.1) is 0 Å². The number of esters is 2. The number of unbranched alkanes of at least 4 members (excludes halogenated alkanes) is 32. The Morgan fingerprint density at radius 2 is 0.681 bits per heavy atom. The summed E-state index contributed by atoms with van der Waals surface area (Å²) >= 11 is 0. The van der Waals surface area contributed by atoms with E-state index in [1.807, 2.05) is 12.2 Å². The predicted octanol–water partition coefficient (Wildman–Crippen LogP) is 14.9. The van der Waals surface area contributed by atoms with E-state index >= 15 is 0 Å². The number of hydrogen-bond donors (Lipinski definition) is 0. The van der Waals surface area contributed by atoms with E-state index in [0.717, 1.165) is 25.7 Å². The molecule has 47 heavy (non-hydrogen) atoms. The fraction of sp³-hybridized carbons (Fsp3) is 0.864. The fourth-order valence-corrected chi connectivity index (χ4v) is 7.06. The lowest BCUT2D eigenvalue weighted by atomic mass is 9.84. The fourth-order valence-electron chi connectivity index (χ4n) is 7.06. The molecule has 1 aliphatic rings. The summed E-state index contributed by atoms with van der Waals surface area (Å²) in [6.45, 7) is 4.57. The molecule has 274 valence electrons. The molecule has 0 atom stereocenters. The second-order valence-corrected chi connectivity index (χ2v) is 15.0. The largest absolute Gasteiger partial charge is 0.392 e. The lowest BCUT2D eigenvalue weighted by Gasteiger charge is -2.14. The maximum atomic E-state index is 12.6. The Balaban J connectivity index is 2.02. The molecule has 0 aromatic carbocycles. The zero-order chi connectivity index (χ0) is 33.9. The van der Waals surface area contributed by atoms with Gasteiger partial charge in [0.15, 0.2) is 0 Å². The van der Waals surface area contributed by atoms with Gasteiger partial charge < -0.3 is 4.74 Å². The van der Waals surface area contributed by atoms with Crippen LogP contribution in [0, 0.1) is 5.41 Å². The molecule has 0 amide bonds. The first kappa shape index (κ1) is 43.6. The van der Waals surface area contributed by atoms with Crippen molar-refractivity contribution >= 4 is 11.9 Å². The zero-order valence-electron chi connectivity index (χ0n) is 31.8. The van der Waals surface area contributed by atoms with Crippen LogP contribution in [-0.4, -0.2) is 11.9 Å². The quantitative estimate of drug-likeness (QED) is 0.0292. The Morgan fingerprint density at radius 1 is 0.426 bits per heavy atom. The summed E-state index contributed by atoms with van der Waals surface area (Å²) in [5.74, 6) is -0.789. The van der Waals surface area contributed by atoms with Crippen molar-refractivity contribution in [3.8, 4) is 0 Å². The first-order valence-corrected chi connectivity index (χ1v) is 21.2. The lowest BCUT2D eigenvalue weighted by Crippen LogP contribution is -2.21. The van der Waals surface area contributed by atoms with Crippen LogP contribution in [0.15, 0.2) is 24.3 Å². The molecule has 1 heterocycles. The van der Waals surface area contributed by atoms with Crippen molar-refractivity contribution in [2.75, 3.05) is 0 Å². The molecule has 0 aliphatic carbocycles. The highest BCUT2D eigenvalue weighted by Gasteiger charge is 2.45. The molecule has 1 rings (SSSR count). The van der Waals surface area contributed by atoms with Gasteiger partial charge in [-0.05, 0) is 25.7 Å². The summed E-state index contributed by atoms with van der Waals surface area (Å²) in [5, 5.41) is 0. The Kier molecular flexibility index (Phi) is 30.8. The van der Waals surface area contributed by atoms with Crippen molar-refractivity contribution < 1.29 is 14.3 Å². The summed E-state index contributed by atoms with van der Waals surface area (Å²) in [6, 6.07) is 0. The van der Waals surface area contributed by atoms with Crippen LogP contribution < -0.4 is 0 Å². The van der Waals surface area contributed by atoms with E-state index in [0.29, 0.717) is 0 Å². The lowest BCUT2D eigenvalue weighted by molar-refractivity contribution is -0.153. The van der Waals surface area contributed by atoms with Crippen molar-refractivity contribution in [2.24, 2.45) is 5.41 Å². The highest BCUT2D eigenvalue weighted by molar-refractivity contribution is 6.00. The van der Waals surface area contributed by atoms with E-state index in [9.17, 15) is 9.59 Å². The maximum Gasteiger partial charge on any atom is 0.328 e. The minimum atomic E-state index is -0.874. The van der Waals surface area contributed by atoms with Crippen LogP contribution in [-0.2, 0) is 14.3 Å². The van der Waals surface area contributed by atoms with Crippen LogP contribution in [0.25, 0.3) is 0 Å². The van der Waals surface area contributed by atoms with Crippen molar-refractivity contribution in [1.82, 2.24) is 0 Å². The number of allylic oxidation sites excluding steroid dienone is 2. The number of hydrogen-bond acceptors (Lipinski definition) is 3. The number of carbonyl (C=O) groups is 2. The van der Waals surface area contributed by atoms with Crippen molar-refractivity contribution in [3.05, 3.63) is 24.3 Å². The first-order chi connectivity index (χ1) is 23.1. The highest BCUT2D eigenvalue weighted by atomic mass is 16.6. The van der Waals surface area contributed by atoms with E-state index in [-0.39, 0.29) is 6.42 Å². The van der Waals surface area contributed by atoms with Crippen LogP contribution in [0.2, 0.25) is 0 Å². The van der Waals surface area contributed by atoms with Gasteiger partial charge >= 0.3 is 11.9 Å². The van der Waals surface area contributed by atoms with E-state index in [1.54, 1.807) is 0 Å². The summed E-state index contributed by atoms with van der Waals surface area (Å²) in [4.78, 5) is 24.5. The van der Waals surface area contributed by atoms with Gasteiger partial charge in [-0.1, -0.05) is 231 Å². The minimum Gasteiger partial charge on any atom is -0.392 e. The number of cyclic esters (lactones) is 2. The van der Waals surface area contributed by atoms with Gasteiger partial charge in [0.2, 0.25) is 0 Å². The number of carbonyl (C=O) groups excluding carboxylic acids is 2. The first-order valence-electron chi connectivity index (χ1n) is 21.2. The van der Waals surface area contributed by atoms with E-state index in [2.05, 4.69) is 26.0 Å². The normalized spacial score (nSPS) is 16.7. The molecule has 0 bridgehead atoms. The Bertz CT molecular complexity index is 720. The summed E-state index contributed by atoms with van der Waals surface area (Å²) in [7, 11) is 0. The monoisotopic (exact) mass is 657 g/mol. The molecular formula is C44H80O3. The third-order valence-electron chi connectivity index (χ3n) is 10.3. The van der Waals surface area contributed by atoms with Crippen molar-refractivity contribution in [3.63, 3.8) is 0 Å². The van der Waals surface area contributed by atoms with Crippen LogP contribution in [0.5, 0.6) is 0 Å². The molecule has 1 fully saturated rings. The molecule has 0 unspecified atom stereocenters. The van der Waals surface area contributed by atoms with Crippen LogP contribution in [0.4, 0.5) is 0 Å². The summed E-state index contributed by atoms with van der Waals surface area (Å²) in [6.07, 6.45) is 54.2. The second-order valence-electron chi connectivity index (χ2n) is 15.0. The molecule has 1 saturated heterocycles. The molecule has 3 nitrogen and oxygen atoms in total. The zero-order valence-corrected chi connectivity index (χ0v) is 31.8. The molecule has 0 spiro atoms. The maximum absolute atomic E-state index is 12.6. The number of ether oxygens (including phenoxy) is 1. The molecule has 0 radical (unpaired) electrons. The van der Waals surface area contributed by atoms with Gasteiger partial charge in [0.25, 0.3) is 0 Å². The summed E-state index contributed by atoms with van der Waals surface area (Å²) in [5.41, 5.74) is -0.874. The van der Waals surface area contributed by atoms with E-state index in [4.69, 9.17) is 4.74 Å². The smallest absolute Gasteiger partial charge is 0.328 e. The Labute approximate surface area is 293 Å². The average molecular weight is 657 g/mol. The summed E-state index contributed by atoms with van der Waals surface area (Å²) < 4.78 is 4.97. The number of rotatable bonds is 36. The van der Waals surface area contributed by atoms with Crippen LogP contribution >= 0.6 is 0 Å². The molecular weight excluding hydrogens is 576 g/mol. The predicted molar refractivity (Wildman–Crippen MR) is 205 cm³/mol. The molecule has 0 N–H and O–H groups in total. The third kappa shape index (κ3) is 26.2. The second kappa shape index (κ2) is 33.1. The molecule has 0 aromatic heterocycles. The molecule has 1 aliphatic heterocycles. The van der Waals surface area contributed by atoms with Crippen molar-refractivity contribution in [1.29, 1.82) is 0 Å². The van der Waals surface area contributed by atoms with E-state index < -0.39 is 17.4 Å². The van der Waals surface area contributed by atoms with Crippen LogP contribution in [0.3, 0.4) is 0 Å². The van der Waals surface area contributed by atoms with Gasteiger partial charge in [0, 0.05) is 0 Å². The molecule has 3 heteroatoms. The standard InChI is InChI=1S/C44H80O3/c1-3-5-7-9-11-13-15-17-19-21-23-25-27-29-31-33-35-37-39-44(41-42(45)47-43(44)46)40-38-36-34-32-30-28-26-24-22-20-18-16-14-12-10-8-6-4-2/h37-40H,3-36,41H2,1-2H3. The van der Waals surface area contributed by atoms with Gasteiger partial charge in [-0.25, -0.2) is 0 Å². The molecule has 0 aromatic rings. The van der Waals surface area contributed by atoms with Gasteiger partial charge in [0.05, 0.1) is 6.42 Å². The SMILES string of the molecule is CCCCCCCCCCCCCCCCCCC=CC1(C=CCCCCCCCCCCCCCCCCCC)CC(=O)OC1=O. The minimum absolute atomic E-state index is 0.150. The van der Waals surface area contributed by atoms with Crippen molar-refractivity contribution in [2.45, 2.75) is 239 Å². The Morgan fingerprint density at radius 3 is 0.915 bits per heavy atom. The average Bonchev–Trinajstić information content (AvgIpc) is 3.35. The van der Waals surface area contributed by atoms with Gasteiger partial charge in [-0.3, -0.25) is 9.59 Å². The van der Waals surface area contributed by atoms with E-state index in [1.165, 1.54) is 193 Å². The topological polar surface area (TPSA) is 43.4 Å². The third-order valence-corrected chi connectivity index (χ3v) is 10.3. The van der Waals surface area contributed by atoms with Gasteiger partial charge in [0.1, 0.15) is 5.41 Å². The molecule has 0 saturated carbocycles. The van der Waals surface area contributed by atoms with Crippen LogP contribution in [0.1, 0.15) is 239 Å². The highest BCUT2D eigenvalue weighted by Crippen LogP contribution is 2.35. The Hall–Kier alpha value is -1.38. The van der Waals surface area contributed by atoms with Gasteiger partial charge in [-0.2, -0.15) is 0 Å².